The van der Waals surface area contributed by atoms with Gasteiger partial charge in [-0.05, 0) is 0 Å². The minimum atomic E-state index is -2.34. The van der Waals surface area contributed by atoms with E-state index in [1.54, 1.807) is 0 Å². The van der Waals surface area contributed by atoms with Crippen molar-refractivity contribution in [3.8, 4) is 0 Å². The average molecular weight is 234 g/mol. The van der Waals surface area contributed by atoms with E-state index >= 15 is 0 Å². The molecule has 0 spiro atoms. The van der Waals surface area contributed by atoms with E-state index in [0.717, 1.165) is 10.6 Å². The van der Waals surface area contributed by atoms with Gasteiger partial charge in [-0.25, -0.2) is 0 Å². The van der Waals surface area contributed by atoms with Crippen molar-refractivity contribution in [3.63, 3.8) is 0 Å². The topological polar surface area (TPSA) is 20.2 Å². The van der Waals surface area contributed by atoms with Crippen LogP contribution in [0.25, 0.3) is 0 Å². The summed E-state index contributed by atoms with van der Waals surface area (Å²) in [6, 6.07) is 19.4. The molecular formula is C12H12OP2. The van der Waals surface area contributed by atoms with E-state index in [1.165, 1.54) is 0 Å². The van der Waals surface area contributed by atoms with Gasteiger partial charge in [0, 0.05) is 10.6 Å². The predicted octanol–water partition coefficient (Wildman–Crippen LogP) is 2.62. The van der Waals surface area contributed by atoms with Crippen LogP contribution in [0.15, 0.2) is 60.7 Å². The number of benzene rings is 2. The second kappa shape index (κ2) is 4.33. The van der Waals surface area contributed by atoms with Gasteiger partial charge >= 0.3 is 0 Å². The number of hydrogen-bond acceptors (Lipinski definition) is 0. The van der Waals surface area contributed by atoms with Gasteiger partial charge in [0.25, 0.3) is 0 Å². The van der Waals surface area contributed by atoms with Gasteiger partial charge in [-0.2, -0.15) is 0 Å². The van der Waals surface area contributed by atoms with Crippen molar-refractivity contribution in [3.05, 3.63) is 60.7 Å². The minimum Gasteiger partial charge on any atom is -0.363 e. The van der Waals surface area contributed by atoms with Crippen LogP contribution >= 0.6 is 15.3 Å². The van der Waals surface area contributed by atoms with Crippen LogP contribution in [0.1, 0.15) is 0 Å². The van der Waals surface area contributed by atoms with Crippen molar-refractivity contribution in [1.29, 1.82) is 0 Å². The Morgan fingerprint density at radius 3 is 1.40 bits per heavy atom. The minimum absolute atomic E-state index is 0.938. The van der Waals surface area contributed by atoms with Crippen LogP contribution in [0.3, 0.4) is 0 Å². The zero-order valence-electron chi connectivity index (χ0n) is 8.17. The van der Waals surface area contributed by atoms with Crippen LogP contribution < -0.4 is 10.6 Å². The first-order valence-electron chi connectivity index (χ1n) is 4.69. The Kier molecular flexibility index (Phi) is 3.07. The first-order valence-corrected chi connectivity index (χ1v) is 7.78. The van der Waals surface area contributed by atoms with Crippen LogP contribution in [0, 0.1) is 0 Å². The van der Waals surface area contributed by atoms with Crippen molar-refractivity contribution in [2.24, 2.45) is 0 Å². The summed E-state index contributed by atoms with van der Waals surface area (Å²) in [4.78, 5) is 10.5. The zero-order chi connectivity index (χ0) is 10.7. The van der Waals surface area contributed by atoms with Gasteiger partial charge in [-0.1, -0.05) is 69.2 Å². The highest BCUT2D eigenvalue weighted by Gasteiger charge is 2.15. The maximum absolute atomic E-state index is 10.5. The third kappa shape index (κ3) is 2.21. The maximum Gasteiger partial charge on any atom is 0.0775 e. The quantitative estimate of drug-likeness (QED) is 0.792. The Morgan fingerprint density at radius 2 is 1.07 bits per heavy atom. The molecule has 76 valence electrons. The van der Waals surface area contributed by atoms with Gasteiger partial charge in [0.15, 0.2) is 0 Å². The lowest BCUT2D eigenvalue weighted by molar-refractivity contribution is 0.642. The first-order chi connectivity index (χ1) is 7.21. The van der Waals surface area contributed by atoms with Crippen LogP contribution in [0.4, 0.5) is 0 Å². The Hall–Kier alpha value is -0.870. The average Bonchev–Trinajstić information content (AvgIpc) is 2.31. The van der Waals surface area contributed by atoms with Crippen LogP contribution in [0.5, 0.6) is 0 Å². The van der Waals surface area contributed by atoms with E-state index in [4.69, 9.17) is 0 Å². The molecule has 3 heteroatoms. The van der Waals surface area contributed by atoms with Crippen molar-refractivity contribution in [1.82, 2.24) is 0 Å². The molecule has 1 N–H and O–H groups in total. The van der Waals surface area contributed by atoms with E-state index in [9.17, 15) is 4.89 Å². The Balaban J connectivity index is 2.50. The lowest BCUT2D eigenvalue weighted by Gasteiger charge is -2.17. The molecule has 0 bridgehead atoms. The molecule has 0 amide bonds. The van der Waals surface area contributed by atoms with Gasteiger partial charge in [-0.3, -0.25) is 0 Å². The van der Waals surface area contributed by atoms with Crippen LogP contribution in [-0.4, -0.2) is 4.89 Å². The van der Waals surface area contributed by atoms with Gasteiger partial charge in [0.05, 0.1) is 6.78 Å². The van der Waals surface area contributed by atoms with Crippen LogP contribution in [-0.2, 0) is 0 Å². The van der Waals surface area contributed by atoms with E-state index in [2.05, 4.69) is 8.53 Å². The molecule has 0 radical (unpaired) electrons. The lowest BCUT2D eigenvalue weighted by atomic mass is 10.4. The van der Waals surface area contributed by atoms with Crippen molar-refractivity contribution >= 4 is 25.9 Å². The summed E-state index contributed by atoms with van der Waals surface area (Å²) in [6.07, 6.45) is 0. The molecule has 0 aliphatic heterocycles. The monoisotopic (exact) mass is 234 g/mol. The fourth-order valence-electron chi connectivity index (χ4n) is 1.44. The summed E-state index contributed by atoms with van der Waals surface area (Å²) in [5.41, 5.74) is 0. The lowest BCUT2D eigenvalue weighted by Crippen LogP contribution is -2.13. The van der Waals surface area contributed by atoms with E-state index < -0.39 is 6.78 Å². The summed E-state index contributed by atoms with van der Waals surface area (Å²) in [5.74, 6) is 0. The summed E-state index contributed by atoms with van der Waals surface area (Å²) in [7, 11) is 3.52. The van der Waals surface area contributed by atoms with Crippen LogP contribution in [0.2, 0.25) is 0 Å². The van der Waals surface area contributed by atoms with Gasteiger partial charge < -0.3 is 4.89 Å². The highest BCUT2D eigenvalue weighted by Crippen LogP contribution is 2.44. The second-order valence-corrected chi connectivity index (χ2v) is 7.55. The highest BCUT2D eigenvalue weighted by molar-refractivity contribution is 8.04. The largest absolute Gasteiger partial charge is 0.363 e. The predicted molar refractivity (Wildman–Crippen MR) is 69.6 cm³/mol. The summed E-state index contributed by atoms with van der Waals surface area (Å²) >= 11 is 0. The van der Waals surface area contributed by atoms with Gasteiger partial charge in [-0.15, -0.1) is 0 Å². The summed E-state index contributed by atoms with van der Waals surface area (Å²) < 4.78 is 0. The molecule has 2 aromatic rings. The van der Waals surface area contributed by atoms with Crippen molar-refractivity contribution < 1.29 is 4.89 Å². The molecule has 0 aliphatic rings. The highest BCUT2D eigenvalue weighted by atomic mass is 31.8. The molecule has 15 heavy (non-hydrogen) atoms. The number of hydrogen-bond donors (Lipinski definition) is 1. The van der Waals surface area contributed by atoms with Crippen molar-refractivity contribution in [2.75, 3.05) is 0 Å². The second-order valence-electron chi connectivity index (χ2n) is 3.31. The molecule has 2 rings (SSSR count). The molecule has 0 heterocycles. The molecule has 0 atom stereocenters. The maximum atomic E-state index is 10.5. The van der Waals surface area contributed by atoms with E-state index in [1.807, 2.05) is 60.7 Å². The van der Waals surface area contributed by atoms with Gasteiger partial charge in [0.2, 0.25) is 0 Å². The summed E-state index contributed by atoms with van der Waals surface area (Å²) in [5, 5.41) is 1.88. The number of rotatable bonds is 2. The fraction of sp³-hybridized carbons (Fsp3) is 0. The molecule has 0 saturated heterocycles. The van der Waals surface area contributed by atoms with Gasteiger partial charge in [0.1, 0.15) is 0 Å². The summed E-state index contributed by atoms with van der Waals surface area (Å²) in [6.45, 7) is -2.34. The first kappa shape index (κ1) is 10.6. The molecule has 1 nitrogen and oxygen atoms in total. The third-order valence-electron chi connectivity index (χ3n) is 2.26. The molecule has 0 aromatic heterocycles. The van der Waals surface area contributed by atoms with E-state index in [-0.39, 0.29) is 0 Å². The molecule has 0 aliphatic carbocycles. The molecular weight excluding hydrogens is 222 g/mol. The standard InChI is InChI=1S/C12H12OP2/c13-15(14,11-7-3-1-4-8-11)12-9-5-2-6-10-12/h1-10,13-14H. The molecule has 0 unspecified atom stereocenters. The van der Waals surface area contributed by atoms with E-state index in [0.29, 0.717) is 0 Å². The molecule has 2 aromatic carbocycles. The molecule has 0 fully saturated rings. The Morgan fingerprint density at radius 1 is 0.733 bits per heavy atom. The SMILES string of the molecule is OP(=P)(c1ccccc1)c1ccccc1. The Labute approximate surface area is 91.9 Å². The smallest absolute Gasteiger partial charge is 0.0775 e. The molecule has 0 saturated carbocycles. The van der Waals surface area contributed by atoms with Crippen molar-refractivity contribution in [2.45, 2.75) is 0 Å². The Bertz CT molecular complexity index is 436. The normalized spacial score (nSPS) is 11.3. The third-order valence-corrected chi connectivity index (χ3v) is 5.90. The fourth-order valence-corrected chi connectivity index (χ4v) is 3.84. The zero-order valence-corrected chi connectivity index (χ0v) is 10.1.